The molecule has 1 aliphatic heterocycles. The molecular formula is C18H35N7. The summed E-state index contributed by atoms with van der Waals surface area (Å²) in [7, 11) is 1.81. The Bertz CT molecular complexity index is 540. The van der Waals surface area contributed by atoms with Gasteiger partial charge in [-0.25, -0.2) is 0 Å². The van der Waals surface area contributed by atoms with Crippen LogP contribution in [0.4, 0.5) is 0 Å². The van der Waals surface area contributed by atoms with E-state index < -0.39 is 0 Å². The molecule has 25 heavy (non-hydrogen) atoms. The van der Waals surface area contributed by atoms with Crippen LogP contribution >= 0.6 is 0 Å². The monoisotopic (exact) mass is 349 g/mol. The molecule has 0 radical (unpaired) electrons. The molecule has 0 aromatic carbocycles. The van der Waals surface area contributed by atoms with Gasteiger partial charge >= 0.3 is 0 Å². The van der Waals surface area contributed by atoms with Crippen LogP contribution in [0.15, 0.2) is 4.99 Å². The maximum absolute atomic E-state index is 4.36. The third-order valence-electron chi connectivity index (χ3n) is 4.81. The summed E-state index contributed by atoms with van der Waals surface area (Å²) >= 11 is 0. The van der Waals surface area contributed by atoms with E-state index in [1.54, 1.807) is 0 Å². The molecule has 2 rings (SSSR count). The topological polar surface area (TPSA) is 70.4 Å². The van der Waals surface area contributed by atoms with Crippen LogP contribution < -0.4 is 10.6 Å². The molecule has 0 bridgehead atoms. The zero-order valence-corrected chi connectivity index (χ0v) is 16.5. The molecule has 0 spiro atoms. The fraction of sp³-hybridized carbons (Fsp3) is 0.833. The quantitative estimate of drug-likeness (QED) is 0.580. The van der Waals surface area contributed by atoms with Crippen molar-refractivity contribution in [3.63, 3.8) is 0 Å². The number of aromatic nitrogens is 3. The highest BCUT2D eigenvalue weighted by molar-refractivity contribution is 5.79. The Morgan fingerprint density at radius 2 is 1.88 bits per heavy atom. The first-order valence-corrected chi connectivity index (χ1v) is 9.64. The van der Waals surface area contributed by atoms with Crippen molar-refractivity contribution in [3.8, 4) is 0 Å². The molecule has 2 N–H and O–H groups in total. The first kappa shape index (κ1) is 19.7. The molecule has 7 heteroatoms. The predicted molar refractivity (Wildman–Crippen MR) is 103 cm³/mol. The van der Waals surface area contributed by atoms with Gasteiger partial charge in [0.15, 0.2) is 11.8 Å². The second-order valence-electron chi connectivity index (χ2n) is 7.27. The second kappa shape index (κ2) is 9.75. The van der Waals surface area contributed by atoms with E-state index in [2.05, 4.69) is 63.0 Å². The Labute approximate surface area is 152 Å². The number of hydrogen-bond acceptors (Lipinski definition) is 4. The Hall–Kier alpha value is -1.63. The zero-order chi connectivity index (χ0) is 18.2. The summed E-state index contributed by atoms with van der Waals surface area (Å²) in [5.41, 5.74) is 0. The first-order chi connectivity index (χ1) is 12.0. The number of aryl methyl sites for hydroxylation is 1. The Kier molecular flexibility index (Phi) is 7.68. The minimum Gasteiger partial charge on any atom is -0.355 e. The van der Waals surface area contributed by atoms with Gasteiger partial charge in [0.25, 0.3) is 0 Å². The molecule has 142 valence electrons. The molecule has 0 amide bonds. The number of fused-ring (bicyclic) bond motifs is 1. The third-order valence-corrected chi connectivity index (χ3v) is 4.81. The molecule has 0 saturated heterocycles. The van der Waals surface area contributed by atoms with Crippen LogP contribution in [0.5, 0.6) is 0 Å². The van der Waals surface area contributed by atoms with Gasteiger partial charge in [0, 0.05) is 45.2 Å². The van der Waals surface area contributed by atoms with Gasteiger partial charge in [-0.3, -0.25) is 9.89 Å². The maximum atomic E-state index is 4.36. The molecule has 7 nitrogen and oxygen atoms in total. The van der Waals surface area contributed by atoms with E-state index in [-0.39, 0.29) is 0 Å². The SMILES string of the molecule is CN=C(NCCN(C(C)C)C(C)C)NCc1nnc2n1CCCCC2. The maximum Gasteiger partial charge on any atom is 0.191 e. The summed E-state index contributed by atoms with van der Waals surface area (Å²) < 4.78 is 2.27. The fourth-order valence-electron chi connectivity index (χ4n) is 3.48. The van der Waals surface area contributed by atoms with Crippen molar-refractivity contribution in [2.45, 2.75) is 78.6 Å². The molecule has 2 heterocycles. The van der Waals surface area contributed by atoms with Crippen LogP contribution in [0.2, 0.25) is 0 Å². The van der Waals surface area contributed by atoms with E-state index in [0.29, 0.717) is 18.6 Å². The second-order valence-corrected chi connectivity index (χ2v) is 7.27. The molecule has 0 saturated carbocycles. The molecule has 0 aliphatic carbocycles. The van der Waals surface area contributed by atoms with Crippen LogP contribution in [0, 0.1) is 0 Å². The minimum atomic E-state index is 0.545. The van der Waals surface area contributed by atoms with Crippen LogP contribution in [0.25, 0.3) is 0 Å². The minimum absolute atomic E-state index is 0.545. The van der Waals surface area contributed by atoms with Crippen molar-refractivity contribution < 1.29 is 0 Å². The lowest BCUT2D eigenvalue weighted by Gasteiger charge is -2.30. The van der Waals surface area contributed by atoms with Gasteiger partial charge in [-0.15, -0.1) is 10.2 Å². The average Bonchev–Trinajstić information content (AvgIpc) is 2.80. The van der Waals surface area contributed by atoms with E-state index in [9.17, 15) is 0 Å². The first-order valence-electron chi connectivity index (χ1n) is 9.64. The van der Waals surface area contributed by atoms with Crippen LogP contribution in [-0.2, 0) is 19.5 Å². The summed E-state index contributed by atoms with van der Waals surface area (Å²) in [5.74, 6) is 2.95. The smallest absolute Gasteiger partial charge is 0.191 e. The zero-order valence-electron chi connectivity index (χ0n) is 16.5. The summed E-state index contributed by atoms with van der Waals surface area (Å²) in [5, 5.41) is 15.5. The van der Waals surface area contributed by atoms with E-state index in [1.807, 2.05) is 7.05 Å². The normalized spacial score (nSPS) is 15.6. The van der Waals surface area contributed by atoms with Crippen LogP contribution in [-0.4, -0.2) is 57.8 Å². The standard InChI is InChI=1S/C18H35N7/c1-14(2)24(15(3)4)12-10-20-18(19-5)21-13-17-23-22-16-9-7-6-8-11-25(16)17/h14-15H,6-13H2,1-5H3,(H2,19,20,21). The van der Waals surface area contributed by atoms with Gasteiger partial charge in [-0.1, -0.05) is 6.42 Å². The average molecular weight is 350 g/mol. The van der Waals surface area contributed by atoms with Crippen molar-refractivity contribution in [3.05, 3.63) is 11.6 Å². The highest BCUT2D eigenvalue weighted by Gasteiger charge is 2.15. The fourth-order valence-corrected chi connectivity index (χ4v) is 3.48. The molecule has 1 aromatic heterocycles. The van der Waals surface area contributed by atoms with E-state index in [0.717, 1.165) is 43.7 Å². The molecule has 1 aromatic rings. The number of hydrogen-bond donors (Lipinski definition) is 2. The number of nitrogens with one attached hydrogen (secondary N) is 2. The number of rotatable bonds is 7. The lowest BCUT2D eigenvalue weighted by atomic mass is 10.2. The Morgan fingerprint density at radius 1 is 1.12 bits per heavy atom. The molecule has 0 fully saturated rings. The van der Waals surface area contributed by atoms with Crippen molar-refractivity contribution in [2.24, 2.45) is 4.99 Å². The van der Waals surface area contributed by atoms with Gasteiger partial charge in [0.2, 0.25) is 0 Å². The molecule has 1 aliphatic rings. The highest BCUT2D eigenvalue weighted by Crippen LogP contribution is 2.14. The van der Waals surface area contributed by atoms with Crippen molar-refractivity contribution in [2.75, 3.05) is 20.1 Å². The Balaban J connectivity index is 1.82. The van der Waals surface area contributed by atoms with Gasteiger partial charge < -0.3 is 15.2 Å². The van der Waals surface area contributed by atoms with E-state index in [4.69, 9.17) is 0 Å². The summed E-state index contributed by atoms with van der Waals surface area (Å²) in [4.78, 5) is 6.79. The van der Waals surface area contributed by atoms with E-state index in [1.165, 1.54) is 19.3 Å². The summed E-state index contributed by atoms with van der Waals surface area (Å²) in [6.07, 6.45) is 4.75. The van der Waals surface area contributed by atoms with Gasteiger partial charge in [-0.2, -0.15) is 0 Å². The lowest BCUT2D eigenvalue weighted by molar-refractivity contribution is 0.178. The van der Waals surface area contributed by atoms with Crippen molar-refractivity contribution in [1.82, 2.24) is 30.3 Å². The van der Waals surface area contributed by atoms with Crippen LogP contribution in [0.3, 0.4) is 0 Å². The van der Waals surface area contributed by atoms with Gasteiger partial charge in [-0.05, 0) is 40.5 Å². The Morgan fingerprint density at radius 3 is 2.56 bits per heavy atom. The predicted octanol–water partition coefficient (Wildman–Crippen LogP) is 1.79. The van der Waals surface area contributed by atoms with E-state index >= 15 is 0 Å². The summed E-state index contributed by atoms with van der Waals surface area (Å²) in [6, 6.07) is 1.09. The van der Waals surface area contributed by atoms with Crippen molar-refractivity contribution in [1.29, 1.82) is 0 Å². The molecule has 0 atom stereocenters. The number of nitrogens with zero attached hydrogens (tertiary/aromatic N) is 5. The lowest BCUT2D eigenvalue weighted by Crippen LogP contribution is -2.45. The molecule has 0 unspecified atom stereocenters. The van der Waals surface area contributed by atoms with Crippen molar-refractivity contribution >= 4 is 5.96 Å². The summed E-state index contributed by atoms with van der Waals surface area (Å²) in [6.45, 7) is 12.5. The third kappa shape index (κ3) is 5.70. The van der Waals surface area contributed by atoms with Crippen LogP contribution in [0.1, 0.15) is 58.6 Å². The molecular weight excluding hydrogens is 314 g/mol. The van der Waals surface area contributed by atoms with Gasteiger partial charge in [0.1, 0.15) is 5.82 Å². The number of guanidine groups is 1. The highest BCUT2D eigenvalue weighted by atomic mass is 15.3. The largest absolute Gasteiger partial charge is 0.355 e. The van der Waals surface area contributed by atoms with Gasteiger partial charge in [0.05, 0.1) is 6.54 Å². The number of aliphatic imine (C=N–C) groups is 1.